The van der Waals surface area contributed by atoms with Gasteiger partial charge < -0.3 is 0 Å². The fourth-order valence-corrected chi connectivity index (χ4v) is 3.50. The van der Waals surface area contributed by atoms with Gasteiger partial charge in [-0.15, -0.1) is 0 Å². The summed E-state index contributed by atoms with van der Waals surface area (Å²) in [5, 5.41) is 0. The van der Waals surface area contributed by atoms with Crippen LogP contribution in [0.5, 0.6) is 0 Å². The molecule has 1 saturated carbocycles. The molecule has 3 unspecified atom stereocenters. The third kappa shape index (κ3) is 0.460. The number of nitrogens with zero attached hydrogens (tertiary/aromatic N) is 1. The molecule has 10 heavy (non-hydrogen) atoms. The van der Waals surface area contributed by atoms with Crippen molar-refractivity contribution in [1.29, 1.82) is 0 Å². The fraction of sp³-hybridized carbons (Fsp3) is 1.00. The molecule has 1 aliphatic carbocycles. The SMILES string of the molecule is CC12CC3CCN(C1)C2C3. The van der Waals surface area contributed by atoms with Gasteiger partial charge in [-0.25, -0.2) is 0 Å². The molecule has 0 aromatic heterocycles. The lowest BCUT2D eigenvalue weighted by Crippen LogP contribution is -2.60. The van der Waals surface area contributed by atoms with Gasteiger partial charge >= 0.3 is 0 Å². The van der Waals surface area contributed by atoms with Gasteiger partial charge in [0.25, 0.3) is 0 Å². The van der Waals surface area contributed by atoms with E-state index in [2.05, 4.69) is 11.8 Å². The smallest absolute Gasteiger partial charge is 0.0164 e. The zero-order valence-corrected chi connectivity index (χ0v) is 6.64. The van der Waals surface area contributed by atoms with Crippen molar-refractivity contribution in [2.24, 2.45) is 11.3 Å². The highest BCUT2D eigenvalue weighted by molar-refractivity contribution is 5.10. The van der Waals surface area contributed by atoms with Crippen molar-refractivity contribution < 1.29 is 0 Å². The van der Waals surface area contributed by atoms with Crippen LogP contribution < -0.4 is 0 Å². The van der Waals surface area contributed by atoms with Crippen LogP contribution in [0.15, 0.2) is 0 Å². The molecule has 3 atom stereocenters. The Morgan fingerprint density at radius 1 is 1.50 bits per heavy atom. The normalized spacial score (nSPS) is 58.5. The highest BCUT2D eigenvalue weighted by Crippen LogP contribution is 2.55. The summed E-state index contributed by atoms with van der Waals surface area (Å²) in [7, 11) is 0. The fourth-order valence-electron chi connectivity index (χ4n) is 3.50. The molecule has 2 aliphatic heterocycles. The van der Waals surface area contributed by atoms with Crippen molar-refractivity contribution in [2.75, 3.05) is 13.1 Å². The lowest BCUT2D eigenvalue weighted by Gasteiger charge is -2.52. The number of hydrogen-bond acceptors (Lipinski definition) is 1. The van der Waals surface area contributed by atoms with E-state index in [1.807, 2.05) is 0 Å². The molecule has 0 aromatic carbocycles. The van der Waals surface area contributed by atoms with Gasteiger partial charge in [0.05, 0.1) is 0 Å². The Bertz CT molecular complexity index is 174. The maximum Gasteiger partial charge on any atom is 0.0164 e. The van der Waals surface area contributed by atoms with Gasteiger partial charge in [0.2, 0.25) is 0 Å². The van der Waals surface area contributed by atoms with E-state index in [0.29, 0.717) is 0 Å². The molecule has 3 rings (SSSR count). The van der Waals surface area contributed by atoms with Gasteiger partial charge in [-0.05, 0) is 37.1 Å². The molecule has 56 valence electrons. The first-order chi connectivity index (χ1) is 4.78. The Balaban J connectivity index is 1.98. The third-order valence-corrected chi connectivity index (χ3v) is 3.95. The predicted octanol–water partition coefficient (Wildman–Crippen LogP) is 1.49. The van der Waals surface area contributed by atoms with Crippen LogP contribution in [0.3, 0.4) is 0 Å². The minimum atomic E-state index is 0.765. The second-order valence-corrected chi connectivity index (χ2v) is 4.73. The van der Waals surface area contributed by atoms with Crippen LogP contribution in [0.1, 0.15) is 26.2 Å². The van der Waals surface area contributed by atoms with Crippen LogP contribution >= 0.6 is 0 Å². The maximum atomic E-state index is 2.68. The van der Waals surface area contributed by atoms with E-state index in [-0.39, 0.29) is 0 Å². The first kappa shape index (κ1) is 5.59. The quantitative estimate of drug-likeness (QED) is 0.489. The van der Waals surface area contributed by atoms with E-state index >= 15 is 0 Å². The van der Waals surface area contributed by atoms with E-state index in [1.165, 1.54) is 32.4 Å². The average molecular weight is 137 g/mol. The molecule has 2 heterocycles. The number of fused-ring (bicyclic) bond motifs is 1. The van der Waals surface area contributed by atoms with Gasteiger partial charge in [-0.2, -0.15) is 0 Å². The first-order valence-corrected chi connectivity index (χ1v) is 4.52. The van der Waals surface area contributed by atoms with Gasteiger partial charge in [-0.1, -0.05) is 6.92 Å². The Kier molecular flexibility index (Phi) is 0.797. The molecule has 2 saturated heterocycles. The largest absolute Gasteiger partial charge is 0.299 e. The van der Waals surface area contributed by atoms with E-state index < -0.39 is 0 Å². The molecule has 0 amide bonds. The van der Waals surface area contributed by atoms with E-state index in [0.717, 1.165) is 17.4 Å². The Morgan fingerprint density at radius 2 is 2.40 bits per heavy atom. The van der Waals surface area contributed by atoms with Crippen LogP contribution in [0.2, 0.25) is 0 Å². The van der Waals surface area contributed by atoms with Crippen molar-refractivity contribution in [3.05, 3.63) is 0 Å². The van der Waals surface area contributed by atoms with Crippen molar-refractivity contribution in [1.82, 2.24) is 4.90 Å². The minimum Gasteiger partial charge on any atom is -0.299 e. The molecule has 3 aliphatic rings. The van der Waals surface area contributed by atoms with Crippen molar-refractivity contribution in [3.63, 3.8) is 0 Å². The molecule has 0 aromatic rings. The molecule has 0 spiro atoms. The Hall–Kier alpha value is -0.0400. The number of piperidine rings is 1. The van der Waals surface area contributed by atoms with Crippen LogP contribution in [0.25, 0.3) is 0 Å². The summed E-state index contributed by atoms with van der Waals surface area (Å²) in [4.78, 5) is 2.68. The van der Waals surface area contributed by atoms with E-state index in [4.69, 9.17) is 0 Å². The monoisotopic (exact) mass is 137 g/mol. The Morgan fingerprint density at radius 3 is 3.20 bits per heavy atom. The summed E-state index contributed by atoms with van der Waals surface area (Å²) >= 11 is 0. The minimum absolute atomic E-state index is 0.765. The summed E-state index contributed by atoms with van der Waals surface area (Å²) in [6, 6.07) is 1.01. The highest BCUT2D eigenvalue weighted by Gasteiger charge is 2.57. The molecular weight excluding hydrogens is 122 g/mol. The standard InChI is InChI=1S/C9H15N/c1-9-5-7-2-3-10(6-9)8(9)4-7/h7-8H,2-6H2,1H3. The topological polar surface area (TPSA) is 3.24 Å². The van der Waals surface area contributed by atoms with Gasteiger partial charge in [0.15, 0.2) is 0 Å². The predicted molar refractivity (Wildman–Crippen MR) is 40.8 cm³/mol. The second-order valence-electron chi connectivity index (χ2n) is 4.73. The molecule has 1 heteroatoms. The zero-order chi connectivity index (χ0) is 6.77. The molecule has 0 radical (unpaired) electrons. The lowest BCUT2D eigenvalue weighted by atomic mass is 9.76. The maximum absolute atomic E-state index is 2.68. The summed E-state index contributed by atoms with van der Waals surface area (Å²) in [6.45, 7) is 5.30. The number of hydrogen-bond donors (Lipinski definition) is 0. The molecule has 0 N–H and O–H groups in total. The molecule has 1 nitrogen and oxygen atoms in total. The third-order valence-electron chi connectivity index (χ3n) is 3.95. The van der Waals surface area contributed by atoms with Gasteiger partial charge in [0, 0.05) is 12.6 Å². The Labute approximate surface area is 62.4 Å². The van der Waals surface area contributed by atoms with E-state index in [1.54, 1.807) is 0 Å². The second kappa shape index (κ2) is 1.42. The van der Waals surface area contributed by atoms with Crippen molar-refractivity contribution in [2.45, 2.75) is 32.2 Å². The molecular formula is C9H15N. The summed E-state index contributed by atoms with van der Waals surface area (Å²) in [5.41, 5.74) is 0.765. The van der Waals surface area contributed by atoms with Gasteiger partial charge in [-0.3, -0.25) is 4.90 Å². The zero-order valence-electron chi connectivity index (χ0n) is 6.64. The lowest BCUT2D eigenvalue weighted by molar-refractivity contribution is -0.0386. The van der Waals surface area contributed by atoms with Gasteiger partial charge in [0.1, 0.15) is 0 Å². The molecule has 2 bridgehead atoms. The van der Waals surface area contributed by atoms with Crippen molar-refractivity contribution >= 4 is 0 Å². The van der Waals surface area contributed by atoms with Crippen LogP contribution in [-0.4, -0.2) is 24.0 Å². The van der Waals surface area contributed by atoms with Crippen LogP contribution in [-0.2, 0) is 0 Å². The summed E-state index contributed by atoms with van der Waals surface area (Å²) < 4.78 is 0. The number of rotatable bonds is 0. The van der Waals surface area contributed by atoms with Crippen LogP contribution in [0, 0.1) is 11.3 Å². The van der Waals surface area contributed by atoms with E-state index in [9.17, 15) is 0 Å². The molecule has 3 fully saturated rings. The average Bonchev–Trinajstić information content (AvgIpc) is 2.05. The summed E-state index contributed by atoms with van der Waals surface area (Å²) in [5.74, 6) is 1.11. The van der Waals surface area contributed by atoms with Crippen molar-refractivity contribution in [3.8, 4) is 0 Å². The highest BCUT2D eigenvalue weighted by atomic mass is 15.3. The first-order valence-electron chi connectivity index (χ1n) is 4.52. The summed E-state index contributed by atoms with van der Waals surface area (Å²) in [6.07, 6.45) is 4.55. The van der Waals surface area contributed by atoms with Crippen LogP contribution in [0.4, 0.5) is 0 Å².